The van der Waals surface area contributed by atoms with Crippen molar-refractivity contribution in [2.45, 2.75) is 6.92 Å². The molecular weight excluding hydrogens is 417 g/mol. The highest BCUT2D eigenvalue weighted by molar-refractivity contribution is 7.81. The summed E-state index contributed by atoms with van der Waals surface area (Å²) in [6, 6.07) is 13.6. The Hall–Kier alpha value is -3.23. The van der Waals surface area contributed by atoms with Crippen LogP contribution in [0.1, 0.15) is 5.56 Å². The van der Waals surface area contributed by atoms with E-state index in [4.69, 9.17) is 9.15 Å². The van der Waals surface area contributed by atoms with Crippen molar-refractivity contribution in [2.75, 3.05) is 29.9 Å². The largest absolute Gasteiger partial charge is 0.495 e. The molecule has 31 heavy (non-hydrogen) atoms. The lowest BCUT2D eigenvalue weighted by molar-refractivity contribution is 0.307. The Balaban J connectivity index is 1.65. The molecule has 0 spiro atoms. The highest BCUT2D eigenvalue weighted by Crippen LogP contribution is 2.40. The number of halogens is 1. The van der Waals surface area contributed by atoms with Crippen LogP contribution in [0, 0.1) is 12.7 Å². The molecule has 2 aromatic carbocycles. The lowest BCUT2D eigenvalue weighted by atomic mass is 10.1. The van der Waals surface area contributed by atoms with Gasteiger partial charge in [0.1, 0.15) is 28.7 Å². The third-order valence-electron chi connectivity index (χ3n) is 4.97. The first-order valence-corrected chi connectivity index (χ1v) is 10.1. The number of aromatic nitrogens is 1. The number of hydrogen-bond donors (Lipinski definition) is 3. The molecule has 0 saturated carbocycles. The first-order chi connectivity index (χ1) is 15.0. The van der Waals surface area contributed by atoms with Crippen molar-refractivity contribution in [3.8, 4) is 17.1 Å². The van der Waals surface area contributed by atoms with E-state index >= 15 is 0 Å². The number of ether oxygens (including phenoxy) is 1. The van der Waals surface area contributed by atoms with Gasteiger partial charge in [0.15, 0.2) is 0 Å². The first kappa shape index (κ1) is 21.0. The van der Waals surface area contributed by atoms with E-state index in [1.54, 1.807) is 29.7 Å². The van der Waals surface area contributed by atoms with Crippen molar-refractivity contribution in [1.29, 1.82) is 0 Å². The number of aliphatic hydroxyl groups is 1. The highest BCUT2D eigenvalue weighted by Gasteiger charge is 2.18. The summed E-state index contributed by atoms with van der Waals surface area (Å²) in [6.07, 6.45) is 1.73. The van der Waals surface area contributed by atoms with Gasteiger partial charge in [-0.15, -0.1) is 0 Å². The van der Waals surface area contributed by atoms with E-state index in [-0.39, 0.29) is 12.4 Å². The minimum Gasteiger partial charge on any atom is -0.495 e. The number of aliphatic hydroxyl groups excluding tert-OH is 1. The van der Waals surface area contributed by atoms with Crippen LogP contribution in [0.3, 0.4) is 0 Å². The predicted molar refractivity (Wildman–Crippen MR) is 124 cm³/mol. The second-order valence-corrected chi connectivity index (χ2v) is 7.47. The summed E-state index contributed by atoms with van der Waals surface area (Å²) in [6.45, 7) is 2.30. The van der Waals surface area contributed by atoms with Gasteiger partial charge in [-0.3, -0.25) is 0 Å². The molecule has 2 N–H and O–H groups in total. The van der Waals surface area contributed by atoms with E-state index in [1.807, 2.05) is 31.2 Å². The normalized spacial score (nSPS) is 11.0. The molecule has 0 aliphatic rings. The maximum atomic E-state index is 13.1. The van der Waals surface area contributed by atoms with E-state index in [0.29, 0.717) is 35.1 Å². The van der Waals surface area contributed by atoms with Gasteiger partial charge in [0.25, 0.3) is 0 Å². The molecule has 0 fully saturated rings. The standard InChI is InChI=1S/C23H22FN3O3S/c1-14-18-11-21(29-2)19(27(31)9-10-28)12-20(18)30-23(14)15-3-8-22(25-13-15)26-17-6-4-16(24)5-7-17/h3-8,11-13,28,31H,9-10H2,1-2H3,(H,25,26). The molecular formula is C23H22FN3O3S. The summed E-state index contributed by atoms with van der Waals surface area (Å²) in [4.78, 5) is 4.45. The number of fused-ring (bicyclic) bond motifs is 1. The van der Waals surface area contributed by atoms with Gasteiger partial charge < -0.3 is 23.9 Å². The number of pyridine rings is 1. The molecule has 6 nitrogen and oxygen atoms in total. The second kappa shape index (κ2) is 8.87. The topological polar surface area (TPSA) is 70.8 Å². The van der Waals surface area contributed by atoms with Crippen LogP contribution in [0.25, 0.3) is 22.3 Å². The van der Waals surface area contributed by atoms with E-state index in [0.717, 1.165) is 22.2 Å². The maximum absolute atomic E-state index is 13.1. The Kier molecular flexibility index (Phi) is 6.01. The number of rotatable bonds is 7. The van der Waals surface area contributed by atoms with Gasteiger partial charge in [-0.05, 0) is 49.4 Å². The van der Waals surface area contributed by atoms with Gasteiger partial charge in [-0.1, -0.05) is 12.8 Å². The number of anilines is 3. The number of methoxy groups -OCH3 is 1. The Labute approximate surface area is 184 Å². The van der Waals surface area contributed by atoms with Crippen LogP contribution in [0.4, 0.5) is 21.6 Å². The van der Waals surface area contributed by atoms with Crippen molar-refractivity contribution >= 4 is 41.0 Å². The summed E-state index contributed by atoms with van der Waals surface area (Å²) in [5.41, 5.74) is 3.95. The third kappa shape index (κ3) is 4.30. The van der Waals surface area contributed by atoms with Crippen molar-refractivity contribution in [1.82, 2.24) is 4.98 Å². The fourth-order valence-corrected chi connectivity index (χ4v) is 3.62. The number of furan rings is 1. The number of nitrogens with zero attached hydrogens (tertiary/aromatic N) is 2. The number of hydrogen-bond acceptors (Lipinski definition) is 7. The molecule has 0 atom stereocenters. The first-order valence-electron chi connectivity index (χ1n) is 9.67. The highest BCUT2D eigenvalue weighted by atomic mass is 32.1. The summed E-state index contributed by atoms with van der Waals surface area (Å²) in [7, 11) is 1.60. The number of thiol groups is 1. The fourth-order valence-electron chi connectivity index (χ4n) is 3.37. The molecule has 8 heteroatoms. The van der Waals surface area contributed by atoms with E-state index in [2.05, 4.69) is 23.1 Å². The van der Waals surface area contributed by atoms with Crippen molar-refractivity contribution < 1.29 is 18.7 Å². The zero-order valence-corrected chi connectivity index (χ0v) is 18.0. The second-order valence-electron chi connectivity index (χ2n) is 6.99. The van der Waals surface area contributed by atoms with Gasteiger partial charge in [0, 0.05) is 34.5 Å². The van der Waals surface area contributed by atoms with Crippen molar-refractivity contribution in [3.05, 3.63) is 66.1 Å². The number of nitrogens with one attached hydrogen (secondary N) is 1. The quantitative estimate of drug-likeness (QED) is 0.338. The van der Waals surface area contributed by atoms with Crippen LogP contribution in [0.15, 0.2) is 59.1 Å². The Morgan fingerprint density at radius 2 is 1.97 bits per heavy atom. The van der Waals surface area contributed by atoms with Crippen molar-refractivity contribution in [3.63, 3.8) is 0 Å². The lowest BCUT2D eigenvalue weighted by Crippen LogP contribution is -2.15. The van der Waals surface area contributed by atoms with Gasteiger partial charge in [-0.25, -0.2) is 9.37 Å². The van der Waals surface area contributed by atoms with Gasteiger partial charge >= 0.3 is 0 Å². The monoisotopic (exact) mass is 439 g/mol. The van der Waals surface area contributed by atoms with Gasteiger partial charge in [0.2, 0.25) is 0 Å². The van der Waals surface area contributed by atoms with Gasteiger partial charge in [0.05, 0.1) is 25.9 Å². The summed E-state index contributed by atoms with van der Waals surface area (Å²) in [5, 5.41) is 13.3. The Bertz CT molecular complexity index is 1190. The van der Waals surface area contributed by atoms with E-state index in [9.17, 15) is 9.50 Å². The Morgan fingerprint density at radius 1 is 1.19 bits per heavy atom. The van der Waals surface area contributed by atoms with Crippen LogP contribution >= 0.6 is 12.8 Å². The molecule has 2 aromatic heterocycles. The Morgan fingerprint density at radius 3 is 2.61 bits per heavy atom. The minimum absolute atomic E-state index is 0.0307. The van der Waals surface area contributed by atoms with Crippen LogP contribution in [0.5, 0.6) is 5.75 Å². The number of benzene rings is 2. The maximum Gasteiger partial charge on any atom is 0.143 e. The van der Waals surface area contributed by atoms with Crippen molar-refractivity contribution in [2.24, 2.45) is 0 Å². The third-order valence-corrected chi connectivity index (χ3v) is 5.39. The molecule has 0 aliphatic carbocycles. The van der Waals surface area contributed by atoms with Crippen LogP contribution in [0.2, 0.25) is 0 Å². The smallest absolute Gasteiger partial charge is 0.143 e. The molecule has 0 unspecified atom stereocenters. The molecule has 0 saturated heterocycles. The molecule has 0 aliphatic heterocycles. The number of aryl methyl sites for hydroxylation is 1. The molecule has 4 aromatic rings. The van der Waals surface area contributed by atoms with Crippen LogP contribution < -0.4 is 14.4 Å². The lowest BCUT2D eigenvalue weighted by Gasteiger charge is -2.19. The van der Waals surface area contributed by atoms with Gasteiger partial charge in [-0.2, -0.15) is 0 Å². The molecule has 0 radical (unpaired) electrons. The SMILES string of the molecule is COc1cc2c(C)c(-c3ccc(Nc4ccc(F)cc4)nc3)oc2cc1N(S)CCO. The fraction of sp³-hybridized carbons (Fsp3) is 0.174. The minimum atomic E-state index is -0.286. The zero-order chi connectivity index (χ0) is 22.0. The van der Waals surface area contributed by atoms with E-state index < -0.39 is 0 Å². The average Bonchev–Trinajstić information content (AvgIpc) is 3.10. The summed E-state index contributed by atoms with van der Waals surface area (Å²) < 4.78 is 26.3. The van der Waals surface area contributed by atoms with E-state index in [1.165, 1.54) is 12.1 Å². The summed E-state index contributed by atoms with van der Waals surface area (Å²) in [5.74, 6) is 1.71. The summed E-state index contributed by atoms with van der Waals surface area (Å²) >= 11 is 4.42. The zero-order valence-electron chi connectivity index (χ0n) is 17.1. The van der Waals surface area contributed by atoms with Crippen LogP contribution in [-0.2, 0) is 0 Å². The molecule has 2 heterocycles. The molecule has 0 bridgehead atoms. The molecule has 4 rings (SSSR count). The molecule has 160 valence electrons. The van der Waals surface area contributed by atoms with Crippen LogP contribution in [-0.4, -0.2) is 30.4 Å². The average molecular weight is 440 g/mol. The molecule has 0 amide bonds. The predicted octanol–water partition coefficient (Wildman–Crippen LogP) is 5.34.